The van der Waals surface area contributed by atoms with E-state index < -0.39 is 17.8 Å². The van der Waals surface area contributed by atoms with Crippen LogP contribution < -0.4 is 0 Å². The number of hydrogen-bond acceptors (Lipinski definition) is 4. The number of phenols is 1. The molecule has 0 saturated carbocycles. The Labute approximate surface area is 188 Å². The van der Waals surface area contributed by atoms with E-state index in [0.717, 1.165) is 17.7 Å². The van der Waals surface area contributed by atoms with Crippen LogP contribution in [0.4, 0.5) is 13.2 Å². The lowest BCUT2D eigenvalue weighted by Gasteiger charge is -2.36. The zero-order valence-corrected chi connectivity index (χ0v) is 17.8. The fraction of sp³-hybridized carbons (Fsp3) is 0.333. The molecule has 1 saturated heterocycles. The van der Waals surface area contributed by atoms with Gasteiger partial charge < -0.3 is 14.7 Å². The zero-order valence-electron chi connectivity index (χ0n) is 17.8. The molecule has 1 fully saturated rings. The topological polar surface area (TPSA) is 78.4 Å². The molecule has 5 rings (SSSR count). The number of H-pyrrole nitrogens is 1. The Morgan fingerprint density at radius 2 is 1.82 bits per heavy atom. The molecule has 2 aliphatic rings. The lowest BCUT2D eigenvalue weighted by molar-refractivity contribution is -0.137. The van der Waals surface area contributed by atoms with Crippen molar-refractivity contribution in [2.24, 2.45) is 0 Å². The molecule has 3 aromatic rings. The van der Waals surface area contributed by atoms with E-state index in [1.54, 1.807) is 23.1 Å². The third-order valence-corrected chi connectivity index (χ3v) is 6.35. The van der Waals surface area contributed by atoms with E-state index in [1.165, 1.54) is 12.1 Å². The number of rotatable bonds is 3. The summed E-state index contributed by atoms with van der Waals surface area (Å²) >= 11 is 0. The highest BCUT2D eigenvalue weighted by atomic mass is 19.4. The third kappa shape index (κ3) is 3.66. The van der Waals surface area contributed by atoms with Gasteiger partial charge in [-0.05, 0) is 49.6 Å². The van der Waals surface area contributed by atoms with Gasteiger partial charge in [0.2, 0.25) is 0 Å². The van der Waals surface area contributed by atoms with Crippen LogP contribution >= 0.6 is 0 Å². The second-order valence-electron chi connectivity index (χ2n) is 8.46. The maximum absolute atomic E-state index is 13.5. The second kappa shape index (κ2) is 7.91. The second-order valence-corrected chi connectivity index (χ2v) is 8.46. The first-order chi connectivity index (χ1) is 15.8. The number of benzene rings is 2. The highest BCUT2D eigenvalue weighted by Gasteiger charge is 2.46. The highest BCUT2D eigenvalue weighted by Crippen LogP contribution is 2.46. The molecule has 2 aliphatic heterocycles. The molecule has 9 heteroatoms. The molecule has 3 heterocycles. The molecule has 2 N–H and O–H groups in total. The number of aromatic amines is 1. The van der Waals surface area contributed by atoms with Crippen LogP contribution in [0.1, 0.15) is 51.6 Å². The van der Waals surface area contributed by atoms with Gasteiger partial charge >= 0.3 is 6.18 Å². The number of nitrogens with one attached hydrogen (secondary N) is 1. The number of aromatic nitrogens is 2. The van der Waals surface area contributed by atoms with Crippen molar-refractivity contribution < 1.29 is 27.8 Å². The van der Waals surface area contributed by atoms with Crippen molar-refractivity contribution >= 4 is 5.91 Å². The first-order valence-corrected chi connectivity index (χ1v) is 10.7. The molecule has 6 nitrogen and oxygen atoms in total. The summed E-state index contributed by atoms with van der Waals surface area (Å²) in [4.78, 5) is 15.2. The van der Waals surface area contributed by atoms with Crippen LogP contribution in [0.2, 0.25) is 0 Å². The lowest BCUT2D eigenvalue weighted by atomic mass is 9.93. The summed E-state index contributed by atoms with van der Waals surface area (Å²) in [5.41, 5.74) is 2.46. The zero-order chi connectivity index (χ0) is 23.3. The molecule has 1 atom stereocenters. The molecule has 2 aromatic carbocycles. The number of ether oxygens (including phenoxy) is 1. The van der Waals surface area contributed by atoms with E-state index >= 15 is 0 Å². The number of aryl methyl sites for hydroxylation is 1. The third-order valence-electron chi connectivity index (χ3n) is 6.35. The van der Waals surface area contributed by atoms with Crippen molar-refractivity contribution in [3.05, 3.63) is 70.4 Å². The summed E-state index contributed by atoms with van der Waals surface area (Å²) in [5, 5.41) is 17.7. The predicted octanol–water partition coefficient (Wildman–Crippen LogP) is 4.83. The first kappa shape index (κ1) is 21.5. The van der Waals surface area contributed by atoms with Crippen LogP contribution in [0.3, 0.4) is 0 Å². The fourth-order valence-electron chi connectivity index (χ4n) is 4.74. The van der Waals surface area contributed by atoms with E-state index in [9.17, 15) is 23.1 Å². The van der Waals surface area contributed by atoms with Gasteiger partial charge in [-0.3, -0.25) is 9.89 Å². The molecule has 33 heavy (non-hydrogen) atoms. The van der Waals surface area contributed by atoms with Crippen molar-refractivity contribution in [3.63, 3.8) is 0 Å². The minimum Gasteiger partial charge on any atom is -0.507 e. The van der Waals surface area contributed by atoms with E-state index in [0.29, 0.717) is 48.4 Å². The fourth-order valence-corrected chi connectivity index (χ4v) is 4.74. The Morgan fingerprint density at radius 1 is 1.12 bits per heavy atom. The number of alkyl halides is 3. The molecule has 0 unspecified atom stereocenters. The smallest absolute Gasteiger partial charge is 0.416 e. The standard InChI is InChI=1S/C24H22F3N3O3/c1-13-2-7-18(31)17(12-13)20-19-21(29-28-20)23(32)30(16-8-10-33-11-9-16)22(19)14-3-5-15(6-4-14)24(25,26)27/h2-7,12,16,22,31H,8-11H2,1H3,(H,28,29)/t22-/m1/s1. The number of hydrogen-bond donors (Lipinski definition) is 2. The van der Waals surface area contributed by atoms with Crippen LogP contribution in [0.5, 0.6) is 5.75 Å². The molecule has 0 aliphatic carbocycles. The Kier molecular flexibility index (Phi) is 5.16. The Balaban J connectivity index is 1.66. The lowest BCUT2D eigenvalue weighted by Crippen LogP contribution is -2.42. The van der Waals surface area contributed by atoms with E-state index in [2.05, 4.69) is 10.2 Å². The normalized spacial score (nSPS) is 19.2. The van der Waals surface area contributed by atoms with Crippen molar-refractivity contribution in [2.45, 2.75) is 38.0 Å². The quantitative estimate of drug-likeness (QED) is 0.590. The van der Waals surface area contributed by atoms with Crippen molar-refractivity contribution in [1.82, 2.24) is 15.1 Å². The average molecular weight is 457 g/mol. The van der Waals surface area contributed by atoms with Gasteiger partial charge in [-0.15, -0.1) is 0 Å². The van der Waals surface area contributed by atoms with Gasteiger partial charge in [0.15, 0.2) is 5.69 Å². The number of fused-ring (bicyclic) bond motifs is 1. The summed E-state index contributed by atoms with van der Waals surface area (Å²) in [5.74, 6) is -0.258. The van der Waals surface area contributed by atoms with Crippen LogP contribution in [0.15, 0.2) is 42.5 Å². The molecule has 1 amide bonds. The summed E-state index contributed by atoms with van der Waals surface area (Å²) in [7, 11) is 0. The van der Waals surface area contributed by atoms with E-state index in [-0.39, 0.29) is 23.4 Å². The maximum atomic E-state index is 13.5. The molecular formula is C24H22F3N3O3. The van der Waals surface area contributed by atoms with Gasteiger partial charge in [0, 0.05) is 30.4 Å². The van der Waals surface area contributed by atoms with Gasteiger partial charge in [0.25, 0.3) is 5.91 Å². The maximum Gasteiger partial charge on any atom is 0.416 e. The minimum atomic E-state index is -4.45. The molecule has 0 bridgehead atoms. The number of aromatic hydroxyl groups is 1. The number of halogens is 3. The number of nitrogens with zero attached hydrogens (tertiary/aromatic N) is 2. The van der Waals surface area contributed by atoms with Gasteiger partial charge in [0.1, 0.15) is 5.75 Å². The van der Waals surface area contributed by atoms with Gasteiger partial charge in [-0.2, -0.15) is 18.3 Å². The SMILES string of the molecule is Cc1ccc(O)c(-c2[nH]nc3c2[C@@H](c2ccc(C(F)(F)F)cc2)N(C2CCOCC2)C3=O)c1. The summed E-state index contributed by atoms with van der Waals surface area (Å²) in [6, 6.07) is 9.24. The van der Waals surface area contributed by atoms with Gasteiger partial charge in [0.05, 0.1) is 17.3 Å². The monoisotopic (exact) mass is 457 g/mol. The number of amides is 1. The highest BCUT2D eigenvalue weighted by molar-refractivity contribution is 6.00. The molecule has 0 spiro atoms. The molecule has 172 valence electrons. The summed E-state index contributed by atoms with van der Waals surface area (Å²) < 4.78 is 44.9. The van der Waals surface area contributed by atoms with Crippen molar-refractivity contribution in [1.29, 1.82) is 0 Å². The largest absolute Gasteiger partial charge is 0.507 e. The van der Waals surface area contributed by atoms with Crippen molar-refractivity contribution in [3.8, 4) is 17.0 Å². The number of carbonyl (C=O) groups excluding carboxylic acids is 1. The van der Waals surface area contributed by atoms with E-state index in [4.69, 9.17) is 4.74 Å². The van der Waals surface area contributed by atoms with Crippen LogP contribution in [0, 0.1) is 6.92 Å². The minimum absolute atomic E-state index is 0.0233. The Bertz CT molecular complexity index is 1200. The van der Waals surface area contributed by atoms with Gasteiger partial charge in [-0.1, -0.05) is 23.8 Å². The number of phenolic OH excluding ortho intramolecular Hbond substituents is 1. The summed E-state index contributed by atoms with van der Waals surface area (Å²) in [6.45, 7) is 2.89. The van der Waals surface area contributed by atoms with Crippen LogP contribution in [-0.4, -0.2) is 45.4 Å². The summed E-state index contributed by atoms with van der Waals surface area (Å²) in [6.07, 6.45) is -3.20. The van der Waals surface area contributed by atoms with Gasteiger partial charge in [-0.25, -0.2) is 0 Å². The predicted molar refractivity (Wildman–Crippen MR) is 114 cm³/mol. The van der Waals surface area contributed by atoms with Crippen molar-refractivity contribution in [2.75, 3.05) is 13.2 Å². The van der Waals surface area contributed by atoms with Crippen LogP contribution in [0.25, 0.3) is 11.3 Å². The van der Waals surface area contributed by atoms with E-state index in [1.807, 2.05) is 6.92 Å². The molecule has 0 radical (unpaired) electrons. The Hall–Kier alpha value is -3.33. The number of carbonyl (C=O) groups is 1. The Morgan fingerprint density at radius 3 is 2.48 bits per heavy atom. The van der Waals surface area contributed by atoms with Crippen LogP contribution in [-0.2, 0) is 10.9 Å². The molecular weight excluding hydrogens is 435 g/mol. The first-order valence-electron chi connectivity index (χ1n) is 10.7. The average Bonchev–Trinajstić information content (AvgIpc) is 3.34. The molecule has 1 aromatic heterocycles.